The number of rotatable bonds is 6. The molecule has 0 bridgehead atoms. The molecule has 1 heteroatoms. The third kappa shape index (κ3) is 4.48. The predicted octanol–water partition coefficient (Wildman–Crippen LogP) is 3.32. The monoisotopic (exact) mass is 205 g/mol. The summed E-state index contributed by atoms with van der Waals surface area (Å²) in [6, 6.07) is 9.45. The summed E-state index contributed by atoms with van der Waals surface area (Å²) in [5, 5.41) is 3.59. The molecular weight excluding hydrogens is 182 g/mol. The Bertz CT molecular complexity index is 280. The minimum Gasteiger partial charge on any atom is -0.314 e. The summed E-state index contributed by atoms with van der Waals surface area (Å²) >= 11 is 0. The predicted molar refractivity (Wildman–Crippen MR) is 67.3 cm³/mol. The minimum atomic E-state index is 0.631. The van der Waals surface area contributed by atoms with Crippen molar-refractivity contribution in [3.63, 3.8) is 0 Å². The van der Waals surface area contributed by atoms with Crippen LogP contribution < -0.4 is 5.32 Å². The molecule has 1 nitrogen and oxygen atoms in total. The molecule has 1 N–H and O–H groups in total. The van der Waals surface area contributed by atoms with Gasteiger partial charge in [0.1, 0.15) is 0 Å². The first-order valence-electron chi connectivity index (χ1n) is 6.05. The van der Waals surface area contributed by atoms with Gasteiger partial charge in [0, 0.05) is 6.04 Å². The van der Waals surface area contributed by atoms with Gasteiger partial charge in [0.2, 0.25) is 0 Å². The van der Waals surface area contributed by atoms with Crippen LogP contribution in [0.5, 0.6) is 0 Å². The number of hydrogen-bond acceptors (Lipinski definition) is 1. The summed E-state index contributed by atoms with van der Waals surface area (Å²) in [7, 11) is 0. The van der Waals surface area contributed by atoms with E-state index in [0.717, 1.165) is 13.0 Å². The van der Waals surface area contributed by atoms with Gasteiger partial charge in [-0.05, 0) is 38.3 Å². The van der Waals surface area contributed by atoms with E-state index in [2.05, 4.69) is 50.4 Å². The van der Waals surface area contributed by atoms with Crippen LogP contribution in [0.15, 0.2) is 24.3 Å². The first kappa shape index (κ1) is 12.3. The van der Waals surface area contributed by atoms with E-state index in [1.807, 2.05) is 0 Å². The molecule has 0 aliphatic rings. The SMILES string of the molecule is CCCNC(CC)Cc1cccc(C)c1. The summed E-state index contributed by atoms with van der Waals surface area (Å²) in [5.41, 5.74) is 2.81. The lowest BCUT2D eigenvalue weighted by atomic mass is 10.0. The van der Waals surface area contributed by atoms with E-state index < -0.39 is 0 Å². The van der Waals surface area contributed by atoms with E-state index in [1.165, 1.54) is 24.0 Å². The highest BCUT2D eigenvalue weighted by Crippen LogP contribution is 2.08. The molecule has 0 aromatic heterocycles. The molecule has 0 heterocycles. The molecule has 0 aliphatic carbocycles. The van der Waals surface area contributed by atoms with Crippen molar-refractivity contribution in [2.24, 2.45) is 0 Å². The topological polar surface area (TPSA) is 12.0 Å². The maximum atomic E-state index is 3.59. The Balaban J connectivity index is 2.50. The van der Waals surface area contributed by atoms with Crippen LogP contribution in [0.3, 0.4) is 0 Å². The van der Waals surface area contributed by atoms with E-state index in [4.69, 9.17) is 0 Å². The molecule has 0 radical (unpaired) electrons. The Hall–Kier alpha value is -0.820. The second-order valence-electron chi connectivity index (χ2n) is 4.25. The molecule has 1 unspecified atom stereocenters. The molecule has 0 saturated carbocycles. The van der Waals surface area contributed by atoms with E-state index in [-0.39, 0.29) is 0 Å². The molecule has 1 rings (SSSR count). The Morgan fingerprint density at radius 3 is 2.67 bits per heavy atom. The van der Waals surface area contributed by atoms with Crippen LogP contribution in [0.25, 0.3) is 0 Å². The smallest absolute Gasteiger partial charge is 0.0105 e. The maximum absolute atomic E-state index is 3.59. The van der Waals surface area contributed by atoms with Crippen LogP contribution >= 0.6 is 0 Å². The average molecular weight is 205 g/mol. The Morgan fingerprint density at radius 1 is 1.27 bits per heavy atom. The van der Waals surface area contributed by atoms with E-state index in [0.29, 0.717) is 6.04 Å². The average Bonchev–Trinajstić information content (AvgIpc) is 2.24. The lowest BCUT2D eigenvalue weighted by molar-refractivity contribution is 0.494. The molecule has 1 aromatic carbocycles. The lowest BCUT2D eigenvalue weighted by Gasteiger charge is -2.16. The second-order valence-corrected chi connectivity index (χ2v) is 4.25. The van der Waals surface area contributed by atoms with Gasteiger partial charge in [-0.25, -0.2) is 0 Å². The zero-order valence-corrected chi connectivity index (χ0v) is 10.2. The highest BCUT2D eigenvalue weighted by atomic mass is 14.9. The molecule has 0 fully saturated rings. The molecule has 84 valence electrons. The molecule has 0 amide bonds. The second kappa shape index (κ2) is 6.62. The van der Waals surface area contributed by atoms with Crippen molar-refractivity contribution >= 4 is 0 Å². The van der Waals surface area contributed by atoms with Crippen LogP contribution in [0.1, 0.15) is 37.8 Å². The summed E-state index contributed by atoms with van der Waals surface area (Å²) in [6.45, 7) is 7.75. The van der Waals surface area contributed by atoms with Crippen molar-refractivity contribution in [3.05, 3.63) is 35.4 Å². The number of nitrogens with one attached hydrogen (secondary N) is 1. The minimum absolute atomic E-state index is 0.631. The van der Waals surface area contributed by atoms with Crippen LogP contribution in [-0.4, -0.2) is 12.6 Å². The third-order valence-electron chi connectivity index (χ3n) is 2.74. The van der Waals surface area contributed by atoms with Crippen molar-refractivity contribution in [2.45, 2.75) is 46.1 Å². The van der Waals surface area contributed by atoms with Crippen molar-refractivity contribution in [3.8, 4) is 0 Å². The third-order valence-corrected chi connectivity index (χ3v) is 2.74. The van der Waals surface area contributed by atoms with E-state index in [9.17, 15) is 0 Å². The van der Waals surface area contributed by atoms with Gasteiger partial charge in [0.15, 0.2) is 0 Å². The van der Waals surface area contributed by atoms with Gasteiger partial charge in [-0.1, -0.05) is 43.7 Å². The van der Waals surface area contributed by atoms with Crippen molar-refractivity contribution in [1.29, 1.82) is 0 Å². The highest BCUT2D eigenvalue weighted by molar-refractivity contribution is 5.22. The van der Waals surface area contributed by atoms with Gasteiger partial charge >= 0.3 is 0 Å². The van der Waals surface area contributed by atoms with Gasteiger partial charge in [-0.15, -0.1) is 0 Å². The molecule has 0 spiro atoms. The van der Waals surface area contributed by atoms with Gasteiger partial charge in [0.05, 0.1) is 0 Å². The van der Waals surface area contributed by atoms with Crippen LogP contribution in [0, 0.1) is 6.92 Å². The summed E-state index contributed by atoms with van der Waals surface area (Å²) in [4.78, 5) is 0. The molecule has 0 saturated heterocycles. The number of benzene rings is 1. The first-order chi connectivity index (χ1) is 7.26. The standard InChI is InChI=1S/C14H23N/c1-4-9-15-14(5-2)11-13-8-6-7-12(3)10-13/h6-8,10,14-15H,4-5,9,11H2,1-3H3. The fourth-order valence-electron chi connectivity index (χ4n) is 1.83. The van der Waals surface area contributed by atoms with Gasteiger partial charge in [-0.2, -0.15) is 0 Å². The van der Waals surface area contributed by atoms with Gasteiger partial charge in [0.25, 0.3) is 0 Å². The van der Waals surface area contributed by atoms with E-state index >= 15 is 0 Å². The van der Waals surface area contributed by atoms with Gasteiger partial charge < -0.3 is 5.32 Å². The first-order valence-corrected chi connectivity index (χ1v) is 6.05. The van der Waals surface area contributed by atoms with E-state index in [1.54, 1.807) is 0 Å². The molecule has 1 aromatic rings. The number of aryl methyl sites for hydroxylation is 1. The largest absolute Gasteiger partial charge is 0.314 e. The fourth-order valence-corrected chi connectivity index (χ4v) is 1.83. The Morgan fingerprint density at radius 2 is 2.07 bits per heavy atom. The highest BCUT2D eigenvalue weighted by Gasteiger charge is 2.05. The zero-order chi connectivity index (χ0) is 11.1. The Kier molecular flexibility index (Phi) is 5.41. The molecule has 1 atom stereocenters. The summed E-state index contributed by atoms with van der Waals surface area (Å²) in [6.07, 6.45) is 3.57. The Labute approximate surface area is 93.9 Å². The quantitative estimate of drug-likeness (QED) is 0.751. The van der Waals surface area contributed by atoms with Gasteiger partial charge in [-0.3, -0.25) is 0 Å². The summed E-state index contributed by atoms with van der Waals surface area (Å²) in [5.74, 6) is 0. The number of hydrogen-bond donors (Lipinski definition) is 1. The molecule has 0 aliphatic heterocycles. The van der Waals surface area contributed by atoms with Crippen molar-refractivity contribution < 1.29 is 0 Å². The van der Waals surface area contributed by atoms with Crippen LogP contribution in [0.2, 0.25) is 0 Å². The molecule has 15 heavy (non-hydrogen) atoms. The van der Waals surface area contributed by atoms with Crippen LogP contribution in [-0.2, 0) is 6.42 Å². The van der Waals surface area contributed by atoms with Crippen molar-refractivity contribution in [2.75, 3.05) is 6.54 Å². The summed E-state index contributed by atoms with van der Waals surface area (Å²) < 4.78 is 0. The molecular formula is C14H23N. The normalized spacial score (nSPS) is 12.7. The lowest BCUT2D eigenvalue weighted by Crippen LogP contribution is -2.31. The van der Waals surface area contributed by atoms with Crippen molar-refractivity contribution in [1.82, 2.24) is 5.32 Å². The zero-order valence-electron chi connectivity index (χ0n) is 10.2. The maximum Gasteiger partial charge on any atom is 0.0105 e. The van der Waals surface area contributed by atoms with Crippen LogP contribution in [0.4, 0.5) is 0 Å². The fraction of sp³-hybridized carbons (Fsp3) is 0.571.